The highest BCUT2D eigenvalue weighted by Crippen LogP contribution is 2.37. The first-order chi connectivity index (χ1) is 10.5. The third-order valence-corrected chi connectivity index (χ3v) is 3.30. The van der Waals surface area contributed by atoms with Gasteiger partial charge in [-0.15, -0.1) is 0 Å². The summed E-state index contributed by atoms with van der Waals surface area (Å²) in [6.07, 6.45) is 0. The van der Waals surface area contributed by atoms with Crippen LogP contribution >= 0.6 is 15.9 Å². The summed E-state index contributed by atoms with van der Waals surface area (Å²) in [5.41, 5.74) is 0.581. The summed E-state index contributed by atoms with van der Waals surface area (Å²) in [5, 5.41) is 8.96. The molecular formula is C16H11BrFNO3. The summed E-state index contributed by atoms with van der Waals surface area (Å²) in [7, 11) is 0. The molecule has 0 N–H and O–H groups in total. The number of nitrogens with zero attached hydrogens (tertiary/aromatic N) is 1. The lowest BCUT2D eigenvalue weighted by Gasteiger charge is -2.12. The zero-order valence-corrected chi connectivity index (χ0v) is 13.2. The Balaban J connectivity index is 2.34. The smallest absolute Gasteiger partial charge is 0.343 e. The van der Waals surface area contributed by atoms with E-state index in [2.05, 4.69) is 15.9 Å². The SMILES string of the molecule is CCOc1cc(C#N)cc(Br)c1OC(=O)c1ccc(F)cc1. The van der Waals surface area contributed by atoms with Crippen molar-refractivity contribution in [2.45, 2.75) is 6.92 Å². The van der Waals surface area contributed by atoms with E-state index in [1.54, 1.807) is 6.92 Å². The third-order valence-electron chi connectivity index (χ3n) is 2.71. The molecular weight excluding hydrogens is 353 g/mol. The van der Waals surface area contributed by atoms with Crippen LogP contribution in [0.25, 0.3) is 0 Å². The van der Waals surface area contributed by atoms with Crippen LogP contribution in [-0.4, -0.2) is 12.6 Å². The molecule has 22 heavy (non-hydrogen) atoms. The molecule has 0 aliphatic heterocycles. The van der Waals surface area contributed by atoms with E-state index >= 15 is 0 Å². The third kappa shape index (κ3) is 3.62. The zero-order chi connectivity index (χ0) is 16.1. The second-order valence-corrected chi connectivity index (χ2v) is 5.08. The van der Waals surface area contributed by atoms with E-state index in [0.717, 1.165) is 0 Å². The number of carbonyl (C=O) groups is 1. The topological polar surface area (TPSA) is 59.3 Å². The van der Waals surface area contributed by atoms with Crippen LogP contribution in [-0.2, 0) is 0 Å². The van der Waals surface area contributed by atoms with E-state index in [-0.39, 0.29) is 17.1 Å². The van der Waals surface area contributed by atoms with E-state index in [1.807, 2.05) is 6.07 Å². The van der Waals surface area contributed by atoms with Crippen LogP contribution in [0.3, 0.4) is 0 Å². The number of halogens is 2. The largest absolute Gasteiger partial charge is 0.490 e. The van der Waals surface area contributed by atoms with Gasteiger partial charge in [-0.3, -0.25) is 0 Å². The number of ether oxygens (including phenoxy) is 2. The minimum Gasteiger partial charge on any atom is -0.490 e. The molecule has 0 radical (unpaired) electrons. The molecule has 4 nitrogen and oxygen atoms in total. The molecule has 0 saturated carbocycles. The van der Waals surface area contributed by atoms with Gasteiger partial charge in [0.05, 0.1) is 28.3 Å². The van der Waals surface area contributed by atoms with Crippen LogP contribution < -0.4 is 9.47 Å². The zero-order valence-electron chi connectivity index (χ0n) is 11.6. The molecule has 0 aliphatic carbocycles. The van der Waals surface area contributed by atoms with Crippen LogP contribution in [0, 0.1) is 17.1 Å². The van der Waals surface area contributed by atoms with Gasteiger partial charge in [0.25, 0.3) is 0 Å². The summed E-state index contributed by atoms with van der Waals surface area (Å²) < 4.78 is 24.0. The van der Waals surface area contributed by atoms with Crippen molar-refractivity contribution in [3.05, 3.63) is 57.8 Å². The fourth-order valence-corrected chi connectivity index (χ4v) is 2.26. The van der Waals surface area contributed by atoms with E-state index in [1.165, 1.54) is 36.4 Å². The first-order valence-electron chi connectivity index (χ1n) is 6.39. The number of benzene rings is 2. The van der Waals surface area contributed by atoms with Gasteiger partial charge in [-0.1, -0.05) is 0 Å². The summed E-state index contributed by atoms with van der Waals surface area (Å²) in [6, 6.07) is 10.0. The van der Waals surface area contributed by atoms with E-state index in [9.17, 15) is 9.18 Å². The van der Waals surface area contributed by atoms with Gasteiger partial charge in [-0.2, -0.15) is 5.26 Å². The average Bonchev–Trinajstić information content (AvgIpc) is 2.51. The van der Waals surface area contributed by atoms with Gasteiger partial charge < -0.3 is 9.47 Å². The Bertz CT molecular complexity index is 738. The van der Waals surface area contributed by atoms with Crippen molar-refractivity contribution < 1.29 is 18.7 Å². The highest BCUT2D eigenvalue weighted by Gasteiger charge is 2.17. The van der Waals surface area contributed by atoms with Crippen LogP contribution in [0.1, 0.15) is 22.8 Å². The fraction of sp³-hybridized carbons (Fsp3) is 0.125. The molecule has 2 aromatic rings. The molecule has 112 valence electrons. The number of carbonyl (C=O) groups excluding carboxylic acids is 1. The highest BCUT2D eigenvalue weighted by atomic mass is 79.9. The van der Waals surface area contributed by atoms with Crippen LogP contribution in [0.5, 0.6) is 11.5 Å². The molecule has 0 unspecified atom stereocenters. The Morgan fingerprint density at radius 3 is 2.59 bits per heavy atom. The first-order valence-corrected chi connectivity index (χ1v) is 7.18. The van der Waals surface area contributed by atoms with Crippen molar-refractivity contribution in [1.29, 1.82) is 5.26 Å². The van der Waals surface area contributed by atoms with Gasteiger partial charge in [0.2, 0.25) is 0 Å². The predicted molar refractivity (Wildman–Crippen MR) is 81.4 cm³/mol. The number of rotatable bonds is 4. The Hall–Kier alpha value is -2.39. The Kier molecular flexibility index (Phi) is 5.12. The quantitative estimate of drug-likeness (QED) is 0.606. The van der Waals surface area contributed by atoms with Crippen molar-refractivity contribution >= 4 is 21.9 Å². The predicted octanol–water partition coefficient (Wildman–Crippen LogP) is 4.08. The van der Waals surface area contributed by atoms with Crippen molar-refractivity contribution in [2.24, 2.45) is 0 Å². The summed E-state index contributed by atoms with van der Waals surface area (Å²) in [6.45, 7) is 2.13. The molecule has 0 aromatic heterocycles. The molecule has 0 aliphatic rings. The van der Waals surface area contributed by atoms with Gasteiger partial charge in [-0.05, 0) is 53.2 Å². The van der Waals surface area contributed by atoms with Gasteiger partial charge in [0.15, 0.2) is 11.5 Å². The normalized spacial score (nSPS) is 9.91. The molecule has 0 spiro atoms. The monoisotopic (exact) mass is 363 g/mol. The minimum absolute atomic E-state index is 0.176. The van der Waals surface area contributed by atoms with Crippen molar-refractivity contribution in [3.8, 4) is 17.6 Å². The standard InChI is InChI=1S/C16H11BrFNO3/c1-2-21-14-8-10(9-19)7-13(17)15(14)22-16(20)11-3-5-12(18)6-4-11/h3-8H,2H2,1H3. The van der Waals surface area contributed by atoms with Crippen LogP contribution in [0.4, 0.5) is 4.39 Å². The molecule has 0 bridgehead atoms. The van der Waals surface area contributed by atoms with Gasteiger partial charge >= 0.3 is 5.97 Å². The summed E-state index contributed by atoms with van der Waals surface area (Å²) in [4.78, 5) is 12.1. The van der Waals surface area contributed by atoms with Gasteiger partial charge in [-0.25, -0.2) is 9.18 Å². The van der Waals surface area contributed by atoms with Gasteiger partial charge in [0, 0.05) is 6.07 Å². The van der Waals surface area contributed by atoms with Crippen LogP contribution in [0.2, 0.25) is 0 Å². The highest BCUT2D eigenvalue weighted by molar-refractivity contribution is 9.10. The summed E-state index contributed by atoms with van der Waals surface area (Å²) in [5.74, 6) is -0.628. The number of hydrogen-bond donors (Lipinski definition) is 0. The number of esters is 1. The Labute approximate surface area is 135 Å². The molecule has 2 aromatic carbocycles. The molecule has 6 heteroatoms. The van der Waals surface area contributed by atoms with Crippen LogP contribution in [0.15, 0.2) is 40.9 Å². The lowest BCUT2D eigenvalue weighted by atomic mass is 10.2. The first kappa shape index (κ1) is 16.0. The van der Waals surface area contributed by atoms with E-state index in [4.69, 9.17) is 14.7 Å². The average molecular weight is 364 g/mol. The molecule has 0 heterocycles. The molecule has 0 amide bonds. The van der Waals surface area contributed by atoms with Gasteiger partial charge in [0.1, 0.15) is 5.82 Å². The maximum atomic E-state index is 12.9. The molecule has 2 rings (SSSR count). The molecule has 0 fully saturated rings. The van der Waals surface area contributed by atoms with Crippen molar-refractivity contribution in [1.82, 2.24) is 0 Å². The summed E-state index contributed by atoms with van der Waals surface area (Å²) >= 11 is 3.25. The van der Waals surface area contributed by atoms with E-state index < -0.39 is 11.8 Å². The lowest BCUT2D eigenvalue weighted by molar-refractivity contribution is 0.0727. The Morgan fingerprint density at radius 2 is 2.00 bits per heavy atom. The molecule has 0 saturated heterocycles. The number of hydrogen-bond acceptors (Lipinski definition) is 4. The number of nitriles is 1. The minimum atomic E-state index is -0.647. The maximum absolute atomic E-state index is 12.9. The fourth-order valence-electron chi connectivity index (χ4n) is 1.73. The lowest BCUT2D eigenvalue weighted by Crippen LogP contribution is -2.10. The second-order valence-electron chi connectivity index (χ2n) is 4.23. The molecule has 0 atom stereocenters. The van der Waals surface area contributed by atoms with Crippen molar-refractivity contribution in [2.75, 3.05) is 6.61 Å². The maximum Gasteiger partial charge on any atom is 0.343 e. The van der Waals surface area contributed by atoms with E-state index in [0.29, 0.717) is 16.6 Å². The van der Waals surface area contributed by atoms with Crippen molar-refractivity contribution in [3.63, 3.8) is 0 Å². The Morgan fingerprint density at radius 1 is 1.32 bits per heavy atom. The second kappa shape index (κ2) is 7.05.